The van der Waals surface area contributed by atoms with Gasteiger partial charge in [-0.3, -0.25) is 4.79 Å². The van der Waals surface area contributed by atoms with Crippen molar-refractivity contribution in [2.24, 2.45) is 11.5 Å². The van der Waals surface area contributed by atoms with Gasteiger partial charge in [0, 0.05) is 19.3 Å². The molecular formula is C14H21N5O. The zero-order chi connectivity index (χ0) is 15.0. The Morgan fingerprint density at radius 1 is 1.55 bits per heavy atom. The van der Waals surface area contributed by atoms with Gasteiger partial charge in [0.05, 0.1) is 11.6 Å². The molecule has 1 amide bonds. The highest BCUT2D eigenvalue weighted by molar-refractivity contribution is 5.79. The van der Waals surface area contributed by atoms with Crippen LogP contribution in [-0.2, 0) is 4.79 Å². The molecule has 20 heavy (non-hydrogen) atoms. The average molecular weight is 275 g/mol. The van der Waals surface area contributed by atoms with E-state index in [0.29, 0.717) is 12.0 Å². The number of hydrogen-bond donors (Lipinski definition) is 2. The van der Waals surface area contributed by atoms with Crippen LogP contribution in [-0.4, -0.2) is 30.0 Å². The maximum absolute atomic E-state index is 10.0. The molecule has 1 fully saturated rings. The lowest BCUT2D eigenvalue weighted by molar-refractivity contribution is -0.119. The minimum absolute atomic E-state index is 0.428. The maximum Gasteiger partial charge on any atom is 0.234 e. The van der Waals surface area contributed by atoms with Gasteiger partial charge in [0.1, 0.15) is 11.9 Å². The van der Waals surface area contributed by atoms with Crippen LogP contribution in [0.3, 0.4) is 0 Å². The summed E-state index contributed by atoms with van der Waals surface area (Å²) < 4.78 is 0. The third kappa shape index (κ3) is 4.52. The average Bonchev–Trinajstić information content (AvgIpc) is 3.01. The second-order valence-electron chi connectivity index (χ2n) is 4.60. The number of amides is 1. The van der Waals surface area contributed by atoms with E-state index in [4.69, 9.17) is 16.7 Å². The molecule has 4 N–H and O–H groups in total. The summed E-state index contributed by atoms with van der Waals surface area (Å²) in [5, 5.41) is 8.86. The molecule has 1 aliphatic heterocycles. The van der Waals surface area contributed by atoms with E-state index in [-0.39, 0.29) is 0 Å². The van der Waals surface area contributed by atoms with Crippen molar-refractivity contribution in [3.8, 4) is 6.07 Å². The predicted molar refractivity (Wildman–Crippen MR) is 77.9 cm³/mol. The third-order valence-electron chi connectivity index (χ3n) is 3.12. The van der Waals surface area contributed by atoms with Crippen molar-refractivity contribution in [3.05, 3.63) is 23.9 Å². The Hall–Kier alpha value is -2.13. The second-order valence-corrected chi connectivity index (χ2v) is 4.60. The minimum atomic E-state index is -0.458. The summed E-state index contributed by atoms with van der Waals surface area (Å²) in [5.41, 5.74) is 10.6. The Bertz CT molecular complexity index is 477. The molecule has 0 radical (unpaired) electrons. The molecule has 1 atom stereocenters. The van der Waals surface area contributed by atoms with Gasteiger partial charge in [0.2, 0.25) is 5.91 Å². The summed E-state index contributed by atoms with van der Waals surface area (Å²) in [5.74, 6) is 0.421. The predicted octanol–water partition coefficient (Wildman–Crippen LogP) is 0.762. The van der Waals surface area contributed by atoms with Gasteiger partial charge in [-0.15, -0.1) is 0 Å². The molecule has 108 valence electrons. The highest BCUT2D eigenvalue weighted by atomic mass is 16.1. The van der Waals surface area contributed by atoms with E-state index in [1.807, 2.05) is 13.0 Å². The normalized spacial score (nSPS) is 14.9. The van der Waals surface area contributed by atoms with Crippen LogP contribution in [0, 0.1) is 11.3 Å². The van der Waals surface area contributed by atoms with Gasteiger partial charge in [0.25, 0.3) is 0 Å². The van der Waals surface area contributed by atoms with E-state index in [1.165, 1.54) is 12.8 Å². The lowest BCUT2D eigenvalue weighted by atomic mass is 10.2. The summed E-state index contributed by atoms with van der Waals surface area (Å²) in [6, 6.07) is 5.33. The molecule has 1 aliphatic rings. The molecule has 6 nitrogen and oxygen atoms in total. The number of carbonyl (C=O) groups excluding carboxylic acids is 1. The molecule has 0 bridgehead atoms. The molecule has 0 aliphatic carbocycles. The number of nitriles is 1. The van der Waals surface area contributed by atoms with Gasteiger partial charge in [-0.2, -0.15) is 5.26 Å². The van der Waals surface area contributed by atoms with Crippen LogP contribution >= 0.6 is 0 Å². The SMILES string of the molecule is CC[C@H](N)C(N)=O.N#Cc1cccnc1N1CCCC1. The van der Waals surface area contributed by atoms with E-state index in [0.717, 1.165) is 18.9 Å². The van der Waals surface area contributed by atoms with Crippen molar-refractivity contribution in [1.29, 1.82) is 5.26 Å². The first-order valence-corrected chi connectivity index (χ1v) is 6.75. The van der Waals surface area contributed by atoms with E-state index >= 15 is 0 Å². The highest BCUT2D eigenvalue weighted by Gasteiger charge is 2.16. The number of pyridine rings is 1. The lowest BCUT2D eigenvalue weighted by Gasteiger charge is -2.16. The molecule has 1 saturated heterocycles. The van der Waals surface area contributed by atoms with Gasteiger partial charge in [0.15, 0.2) is 0 Å². The Morgan fingerprint density at radius 3 is 2.65 bits per heavy atom. The number of nitrogens with two attached hydrogens (primary N) is 2. The van der Waals surface area contributed by atoms with E-state index < -0.39 is 11.9 Å². The number of rotatable bonds is 3. The minimum Gasteiger partial charge on any atom is -0.368 e. The number of anilines is 1. The van der Waals surface area contributed by atoms with Crippen molar-refractivity contribution < 1.29 is 4.79 Å². The number of hydrogen-bond acceptors (Lipinski definition) is 5. The summed E-state index contributed by atoms with van der Waals surface area (Å²) in [6.07, 6.45) is 4.78. The quantitative estimate of drug-likeness (QED) is 0.846. The molecule has 0 spiro atoms. The molecule has 0 saturated carbocycles. The summed E-state index contributed by atoms with van der Waals surface area (Å²) >= 11 is 0. The van der Waals surface area contributed by atoms with Crippen molar-refractivity contribution in [3.63, 3.8) is 0 Å². The van der Waals surface area contributed by atoms with Crippen LogP contribution in [0.5, 0.6) is 0 Å². The zero-order valence-corrected chi connectivity index (χ0v) is 11.7. The van der Waals surface area contributed by atoms with Crippen LogP contribution in [0.2, 0.25) is 0 Å². The van der Waals surface area contributed by atoms with Crippen molar-refractivity contribution >= 4 is 11.7 Å². The van der Waals surface area contributed by atoms with Gasteiger partial charge in [-0.05, 0) is 31.4 Å². The fourth-order valence-corrected chi connectivity index (χ4v) is 1.87. The van der Waals surface area contributed by atoms with Crippen LogP contribution in [0.15, 0.2) is 18.3 Å². The number of nitrogens with zero attached hydrogens (tertiary/aromatic N) is 3. The number of aromatic nitrogens is 1. The van der Waals surface area contributed by atoms with E-state index in [9.17, 15) is 4.79 Å². The molecule has 0 unspecified atom stereocenters. The molecular weight excluding hydrogens is 254 g/mol. The van der Waals surface area contributed by atoms with Gasteiger partial charge >= 0.3 is 0 Å². The molecule has 1 aromatic heterocycles. The summed E-state index contributed by atoms with van der Waals surface area (Å²) in [4.78, 5) is 16.4. The third-order valence-corrected chi connectivity index (χ3v) is 3.12. The lowest BCUT2D eigenvalue weighted by Crippen LogP contribution is -2.35. The second kappa shape index (κ2) is 8.12. The van der Waals surface area contributed by atoms with Gasteiger partial charge < -0.3 is 16.4 Å². The van der Waals surface area contributed by atoms with Crippen LogP contribution in [0.25, 0.3) is 0 Å². The Labute approximate surface area is 119 Å². The summed E-state index contributed by atoms with van der Waals surface area (Å²) in [6.45, 7) is 3.88. The Kier molecular flexibility index (Phi) is 6.47. The van der Waals surface area contributed by atoms with Gasteiger partial charge in [-0.25, -0.2) is 4.98 Å². The Balaban J connectivity index is 0.000000246. The van der Waals surface area contributed by atoms with Crippen molar-refractivity contribution in [1.82, 2.24) is 4.98 Å². The molecule has 1 aromatic rings. The summed E-state index contributed by atoms with van der Waals surface area (Å²) in [7, 11) is 0. The monoisotopic (exact) mass is 275 g/mol. The van der Waals surface area contributed by atoms with Gasteiger partial charge in [-0.1, -0.05) is 6.92 Å². The topological polar surface area (TPSA) is 109 Å². The van der Waals surface area contributed by atoms with Crippen LogP contribution < -0.4 is 16.4 Å². The molecule has 2 heterocycles. The maximum atomic E-state index is 10.0. The highest BCUT2D eigenvalue weighted by Crippen LogP contribution is 2.20. The Morgan fingerprint density at radius 2 is 2.20 bits per heavy atom. The first kappa shape index (κ1) is 15.9. The smallest absolute Gasteiger partial charge is 0.234 e. The largest absolute Gasteiger partial charge is 0.368 e. The molecule has 6 heteroatoms. The molecule has 0 aromatic carbocycles. The van der Waals surface area contributed by atoms with Crippen molar-refractivity contribution in [2.75, 3.05) is 18.0 Å². The fraction of sp³-hybridized carbons (Fsp3) is 0.500. The fourth-order valence-electron chi connectivity index (χ4n) is 1.87. The molecule has 2 rings (SSSR count). The standard InChI is InChI=1S/C10H11N3.C4H10N2O/c11-8-9-4-3-5-12-10(9)13-6-1-2-7-13;1-2-3(5)4(6)7/h3-5H,1-2,6-7H2;3H,2,5H2,1H3,(H2,6,7)/t;3-/m.0/s1. The van der Waals surface area contributed by atoms with E-state index in [1.54, 1.807) is 12.3 Å². The van der Waals surface area contributed by atoms with Crippen LogP contribution in [0.4, 0.5) is 5.82 Å². The van der Waals surface area contributed by atoms with E-state index in [2.05, 4.69) is 16.0 Å². The number of primary amides is 1. The number of carbonyl (C=O) groups is 1. The zero-order valence-electron chi connectivity index (χ0n) is 11.7. The van der Waals surface area contributed by atoms with Crippen molar-refractivity contribution in [2.45, 2.75) is 32.2 Å². The first-order valence-electron chi connectivity index (χ1n) is 6.75. The van der Waals surface area contributed by atoms with Crippen LogP contribution in [0.1, 0.15) is 31.7 Å². The first-order chi connectivity index (χ1) is 9.60.